The Morgan fingerprint density at radius 1 is 0.278 bits per heavy atom. The molecule has 11 N–H and O–H groups in total. The summed E-state index contributed by atoms with van der Waals surface area (Å²) in [6, 6.07) is 61.1. The summed E-state index contributed by atoms with van der Waals surface area (Å²) in [4.78, 5) is 52.0. The molecule has 23 heteroatoms. The third kappa shape index (κ3) is 25.9. The lowest BCUT2D eigenvalue weighted by molar-refractivity contribution is 0.617. The second-order valence-corrected chi connectivity index (χ2v) is 30.0. The van der Waals surface area contributed by atoms with Gasteiger partial charge in [-0.25, -0.2) is 54.8 Å². The van der Waals surface area contributed by atoms with Gasteiger partial charge in [0.25, 0.3) is 0 Å². The number of nitrogen functional groups attached to an aromatic ring is 4. The molecule has 0 saturated carbocycles. The van der Waals surface area contributed by atoms with E-state index in [0.29, 0.717) is 46.9 Å². The zero-order chi connectivity index (χ0) is 96.1. The number of para-hydroxylation sites is 2. The summed E-state index contributed by atoms with van der Waals surface area (Å²) in [6.45, 7) is 32.0. The molecule has 0 radical (unpaired) electrons. The van der Waals surface area contributed by atoms with E-state index in [-0.39, 0.29) is 0 Å². The van der Waals surface area contributed by atoms with Gasteiger partial charge in [-0.3, -0.25) is 5.10 Å². The van der Waals surface area contributed by atoms with Crippen molar-refractivity contribution in [3.63, 3.8) is 0 Å². The lowest BCUT2D eigenvalue weighted by Gasteiger charge is -2.25. The number of hydrogen-bond acceptors (Lipinski definition) is 16. The number of aryl methyl sites for hydroxylation is 8. The molecule has 0 saturated heterocycles. The van der Waals surface area contributed by atoms with Crippen molar-refractivity contribution < 1.29 is 0 Å². The monoisotopic (exact) mass is 1790 g/mol. The highest BCUT2D eigenvalue weighted by Gasteiger charge is 2.30. The minimum atomic E-state index is 0.410. The molecule has 23 nitrogen and oxygen atoms in total. The third-order valence-electron chi connectivity index (χ3n) is 22.8. The molecule has 0 fully saturated rings. The maximum absolute atomic E-state index is 6.02. The van der Waals surface area contributed by atoms with Gasteiger partial charge < -0.3 is 51.2 Å². The normalized spacial score (nSPS) is 14.1. The van der Waals surface area contributed by atoms with Crippen LogP contribution in [0.1, 0.15) is 253 Å². The molecule has 0 bridgehead atoms. The van der Waals surface area contributed by atoms with Crippen LogP contribution in [0.2, 0.25) is 0 Å². The molecule has 4 aliphatic rings. The van der Waals surface area contributed by atoms with Crippen LogP contribution >= 0.6 is 0 Å². The Bertz CT molecular complexity index is 5730. The number of H-pyrrole nitrogens is 3. The van der Waals surface area contributed by atoms with Gasteiger partial charge in [0.15, 0.2) is 23.3 Å². The standard InChI is InChI=1S/4C17H18N4.C8H7N.2C7H6N2.C4H4N2.8C2H6/c4*1-21-9-14(15-16(21)17(18)20-10-19-15)13-8-4-6-11-5-2-3-7-12(11)13;1-2-4-8-7(3-1)5-6-9-8;1-2-6-3-5-9-7(6)8-4-1;1-2-4-7-6(3-1)5-8-9-7;1-2-5-4-6-3-1;8*1-2/h4*2-3,5,7,9-10,13H,4,6,8H2,1H3,(H2,18,19,20);1-6,9H;2*1-5H,(H,8,9);1-4H;8*1-2H3. The number of nitrogens with one attached hydrogen (secondary N) is 3. The molecule has 13 aromatic heterocycles. The first-order valence-electron chi connectivity index (χ1n) is 47.9. The molecule has 4 atom stereocenters. The van der Waals surface area contributed by atoms with Gasteiger partial charge in [0.1, 0.15) is 59.4 Å². The zero-order valence-corrected chi connectivity index (χ0v) is 82.2. The number of anilines is 4. The predicted molar refractivity (Wildman–Crippen MR) is 560 cm³/mol. The van der Waals surface area contributed by atoms with Gasteiger partial charge in [-0.05, 0) is 169 Å². The minimum absolute atomic E-state index is 0.410. The Kier molecular flexibility index (Phi) is 43.1. The van der Waals surface area contributed by atoms with Crippen LogP contribution in [-0.2, 0) is 53.9 Å². The fraction of sp³-hybridized carbons (Fsp3) is 0.327. The molecule has 4 unspecified atom stereocenters. The van der Waals surface area contributed by atoms with Gasteiger partial charge in [0.05, 0.1) is 33.8 Å². The van der Waals surface area contributed by atoms with Crippen molar-refractivity contribution in [1.29, 1.82) is 0 Å². The number of hydrogen-bond donors (Lipinski definition) is 7. The molecular weight excluding hydrogens is 1640 g/mol. The fourth-order valence-electron chi connectivity index (χ4n) is 17.5. The van der Waals surface area contributed by atoms with Crippen LogP contribution in [0.4, 0.5) is 23.3 Å². The van der Waals surface area contributed by atoms with Crippen molar-refractivity contribution in [2.45, 2.75) is 212 Å². The zero-order valence-electron chi connectivity index (χ0n) is 82.2. The van der Waals surface area contributed by atoms with E-state index in [0.717, 1.165) is 66.1 Å². The number of aromatic nitrogens is 19. The maximum atomic E-state index is 6.02. The van der Waals surface area contributed by atoms with Crippen LogP contribution < -0.4 is 22.9 Å². The van der Waals surface area contributed by atoms with Gasteiger partial charge in [-0.15, -0.1) is 0 Å². The number of aromatic amines is 3. The van der Waals surface area contributed by atoms with E-state index in [1.807, 2.05) is 212 Å². The molecule has 19 aromatic rings. The van der Waals surface area contributed by atoms with E-state index in [4.69, 9.17) is 22.9 Å². The van der Waals surface area contributed by atoms with Crippen LogP contribution in [0.5, 0.6) is 0 Å². The summed E-state index contributed by atoms with van der Waals surface area (Å²) in [5, 5.41) is 10.3. The molecule has 0 amide bonds. The largest absolute Gasteiger partial charge is 0.382 e. The van der Waals surface area contributed by atoms with Crippen molar-refractivity contribution in [2.24, 2.45) is 28.2 Å². The van der Waals surface area contributed by atoms with Crippen LogP contribution in [0, 0.1) is 0 Å². The van der Waals surface area contributed by atoms with Crippen molar-refractivity contribution in [2.75, 3.05) is 22.9 Å². The van der Waals surface area contributed by atoms with Crippen LogP contribution in [-0.4, -0.2) is 93.3 Å². The number of benzene rings is 6. The first-order valence-corrected chi connectivity index (χ1v) is 47.9. The Morgan fingerprint density at radius 3 is 0.895 bits per heavy atom. The van der Waals surface area contributed by atoms with Gasteiger partial charge in [0, 0.05) is 146 Å². The average molecular weight is 1790 g/mol. The number of nitrogens with two attached hydrogens (primary N) is 4. The molecular formula is C110H143N23. The molecule has 0 spiro atoms. The summed E-state index contributed by atoms with van der Waals surface area (Å²) >= 11 is 0. The van der Waals surface area contributed by atoms with E-state index < -0.39 is 0 Å². The second kappa shape index (κ2) is 55.1. The molecule has 698 valence electrons. The summed E-state index contributed by atoms with van der Waals surface area (Å²) in [5.41, 5.74) is 51.8. The van der Waals surface area contributed by atoms with E-state index in [1.165, 1.54) is 161 Å². The van der Waals surface area contributed by atoms with E-state index >= 15 is 0 Å². The van der Waals surface area contributed by atoms with E-state index in [1.54, 1.807) is 50.0 Å². The number of nitrogens with zero attached hydrogens (tertiary/aromatic N) is 16. The molecule has 0 aliphatic heterocycles. The molecule has 13 heterocycles. The fourth-order valence-corrected chi connectivity index (χ4v) is 17.5. The minimum Gasteiger partial charge on any atom is -0.382 e. The number of rotatable bonds is 4. The van der Waals surface area contributed by atoms with Crippen LogP contribution in [0.15, 0.2) is 270 Å². The van der Waals surface area contributed by atoms with Crippen LogP contribution in [0.25, 0.3) is 77.0 Å². The predicted octanol–water partition coefficient (Wildman–Crippen LogP) is 26.1. The highest BCUT2D eigenvalue weighted by atomic mass is 15.1. The quantitative estimate of drug-likeness (QED) is 0.0861. The van der Waals surface area contributed by atoms with Crippen LogP contribution in [0.3, 0.4) is 0 Å². The smallest absolute Gasteiger partial charge is 0.151 e. The Balaban J connectivity index is 0.000000188. The SMILES string of the molecule is CC.CC.CC.CC.CC.CC.CC.CC.Cn1cc(C2CCCc3ccccc32)c2ncnc(N)c21.Cn1cc(C2CCCc3ccccc32)c2ncnc(N)c21.Cn1cc(C2CCCc3ccccc32)c2ncnc(N)c21.Cn1cc(C2CCCc3ccccc32)c2ncnc(N)c21.c1ccc2[nH]ccc2c1.c1ccc2[nH]ncc2c1.c1cnc2[nH]ccc2c1.c1cncnc1. The lowest BCUT2D eigenvalue weighted by atomic mass is 9.79. The van der Waals surface area contributed by atoms with E-state index in [2.05, 4.69) is 233 Å². The third-order valence-corrected chi connectivity index (χ3v) is 22.8. The van der Waals surface area contributed by atoms with Gasteiger partial charge in [-0.2, -0.15) is 5.10 Å². The van der Waals surface area contributed by atoms with Crippen molar-refractivity contribution in [3.8, 4) is 0 Å². The Hall–Kier alpha value is -14.2. The summed E-state index contributed by atoms with van der Waals surface area (Å²) < 4.78 is 8.21. The highest BCUT2D eigenvalue weighted by Crippen LogP contribution is 2.45. The average Bonchev–Trinajstić information content (AvgIpc) is 1.63. The Morgan fingerprint density at radius 2 is 0.579 bits per heavy atom. The molecule has 133 heavy (non-hydrogen) atoms. The second-order valence-electron chi connectivity index (χ2n) is 30.0. The maximum Gasteiger partial charge on any atom is 0.151 e. The summed E-state index contributed by atoms with van der Waals surface area (Å²) in [6.07, 6.45) is 41.5. The van der Waals surface area contributed by atoms with Gasteiger partial charge >= 0.3 is 0 Å². The first kappa shape index (κ1) is 104. The van der Waals surface area contributed by atoms with E-state index in [9.17, 15) is 0 Å². The number of fused-ring (bicyclic) bond motifs is 11. The van der Waals surface area contributed by atoms with Gasteiger partial charge in [0.2, 0.25) is 0 Å². The molecule has 23 rings (SSSR count). The highest BCUT2D eigenvalue weighted by molar-refractivity contribution is 5.92. The van der Waals surface area contributed by atoms with Gasteiger partial charge in [-0.1, -0.05) is 244 Å². The van der Waals surface area contributed by atoms with Crippen molar-refractivity contribution in [1.82, 2.24) is 93.3 Å². The number of pyridine rings is 1. The summed E-state index contributed by atoms with van der Waals surface area (Å²) in [7, 11) is 8.06. The van der Waals surface area contributed by atoms with Crippen molar-refractivity contribution in [3.05, 3.63) is 336 Å². The summed E-state index contributed by atoms with van der Waals surface area (Å²) in [5.74, 6) is 3.85. The molecule has 6 aromatic carbocycles. The van der Waals surface area contributed by atoms with Crippen molar-refractivity contribution >= 4 is 100 Å². The first-order chi connectivity index (χ1) is 65.4. The lowest BCUT2D eigenvalue weighted by Crippen LogP contribution is -2.10. The topological polar surface area (TPSA) is 326 Å². The molecule has 4 aliphatic carbocycles. The Labute approximate surface area is 787 Å².